The van der Waals surface area contributed by atoms with Gasteiger partial charge in [-0.15, -0.1) is 0 Å². The molecule has 0 aromatic carbocycles. The lowest BCUT2D eigenvalue weighted by molar-refractivity contribution is 0.441. The first kappa shape index (κ1) is 29.4. The molecule has 0 bridgehead atoms. The van der Waals surface area contributed by atoms with Crippen molar-refractivity contribution in [1.82, 2.24) is 13.7 Å². The number of hydrogen-bond donors (Lipinski definition) is 0. The topological polar surface area (TPSA) is 89.8 Å². The maximum Gasteiger partial charge on any atom is 0.336 e. The third-order valence-corrected chi connectivity index (χ3v) is 20.3. The van der Waals surface area contributed by atoms with Crippen LogP contribution in [0.4, 0.5) is 0 Å². The lowest BCUT2D eigenvalue weighted by Gasteiger charge is -2.28. The third-order valence-electron chi connectivity index (χ3n) is 8.51. The Kier molecular flexibility index (Phi) is 12.4. The quantitative estimate of drug-likeness (QED) is 0.306. The first-order valence-electron chi connectivity index (χ1n) is 13.1. The van der Waals surface area contributed by atoms with Gasteiger partial charge in [-0.3, -0.25) is 0 Å². The van der Waals surface area contributed by atoms with E-state index >= 15 is 0 Å². The molecule has 0 aliphatic carbocycles. The lowest BCUT2D eigenvalue weighted by atomic mass is 10.4. The zero-order chi connectivity index (χ0) is 25.1. The van der Waals surface area contributed by atoms with E-state index in [9.17, 15) is 14.4 Å². The van der Waals surface area contributed by atoms with Crippen molar-refractivity contribution >= 4 is 16.1 Å². The van der Waals surface area contributed by atoms with Gasteiger partial charge in [0, 0.05) is 19.6 Å². The highest BCUT2D eigenvalue weighted by Crippen LogP contribution is 2.27. The van der Waals surface area contributed by atoms with Gasteiger partial charge in [-0.05, 0) is 12.8 Å². The van der Waals surface area contributed by atoms with E-state index in [1.165, 1.54) is 45.4 Å². The number of rotatable bonds is 16. The SMILES string of the molecule is CC[Si](CC)(CC)CCCn1c(=O)n(CCC#N)c(=O)n(CCC[Si](CC)(CC)CC)c1=O. The largest absolute Gasteiger partial charge is 0.336 e. The second-order valence-electron chi connectivity index (χ2n) is 9.54. The van der Waals surface area contributed by atoms with Gasteiger partial charge in [-0.1, -0.05) is 89.9 Å². The Morgan fingerprint density at radius 3 is 1.18 bits per heavy atom. The van der Waals surface area contributed by atoms with Gasteiger partial charge in [0.2, 0.25) is 0 Å². The molecule has 1 heterocycles. The summed E-state index contributed by atoms with van der Waals surface area (Å²) in [5.74, 6) is 0. The van der Waals surface area contributed by atoms with E-state index < -0.39 is 33.2 Å². The molecule has 1 aromatic rings. The van der Waals surface area contributed by atoms with Crippen LogP contribution in [0.1, 0.15) is 60.8 Å². The number of nitrogens with zero attached hydrogens (tertiary/aromatic N) is 4. The average Bonchev–Trinajstić information content (AvgIpc) is 2.84. The van der Waals surface area contributed by atoms with Gasteiger partial charge in [0.1, 0.15) is 0 Å². The van der Waals surface area contributed by atoms with Gasteiger partial charge in [0.25, 0.3) is 0 Å². The third kappa shape index (κ3) is 7.16. The van der Waals surface area contributed by atoms with E-state index in [1.807, 2.05) is 6.07 Å². The first-order valence-corrected chi connectivity index (χ1v) is 18.7. The van der Waals surface area contributed by atoms with Crippen molar-refractivity contribution in [3.05, 3.63) is 31.5 Å². The minimum atomic E-state index is -1.35. The molecular weight excluding hydrogens is 448 g/mol. The Hall–Kier alpha value is -1.67. The van der Waals surface area contributed by atoms with Crippen molar-refractivity contribution in [2.45, 2.75) is 129 Å². The second-order valence-corrected chi connectivity index (χ2v) is 20.8. The highest BCUT2D eigenvalue weighted by atomic mass is 28.3. The first-order chi connectivity index (χ1) is 15.7. The van der Waals surface area contributed by atoms with Crippen LogP contribution in [-0.2, 0) is 19.6 Å². The molecule has 0 radical (unpaired) electrons. The summed E-state index contributed by atoms with van der Waals surface area (Å²) in [6.07, 6.45) is 1.64. The zero-order valence-corrected chi connectivity index (χ0v) is 23.9. The standard InChI is InChI=1S/C24H46N4O3Si2/c1-7-32(8-2,9-3)20-14-18-27-22(29)26(17-13-16-25)23(30)28(24(27)31)19-15-21-33(10-4,11-5)12-6/h7-15,17-21H2,1-6H3. The van der Waals surface area contributed by atoms with Crippen molar-refractivity contribution in [2.24, 2.45) is 0 Å². The molecule has 0 unspecified atom stereocenters. The fourth-order valence-corrected chi connectivity index (χ4v) is 12.1. The molecule has 0 spiro atoms. The molecule has 0 aliphatic rings. The van der Waals surface area contributed by atoms with Crippen LogP contribution >= 0.6 is 0 Å². The van der Waals surface area contributed by atoms with Crippen molar-refractivity contribution in [3.63, 3.8) is 0 Å². The van der Waals surface area contributed by atoms with Crippen molar-refractivity contribution in [3.8, 4) is 6.07 Å². The summed E-state index contributed by atoms with van der Waals surface area (Å²) in [5, 5.41) is 8.99. The van der Waals surface area contributed by atoms with E-state index in [2.05, 4.69) is 41.5 Å². The number of aromatic nitrogens is 3. The smallest absolute Gasteiger partial charge is 0.247 e. The van der Waals surface area contributed by atoms with Crippen molar-refractivity contribution in [1.29, 1.82) is 5.26 Å². The van der Waals surface area contributed by atoms with Crippen LogP contribution < -0.4 is 17.1 Å². The molecule has 9 heteroatoms. The predicted octanol–water partition coefficient (Wildman–Crippen LogP) is 4.88. The van der Waals surface area contributed by atoms with Crippen molar-refractivity contribution < 1.29 is 0 Å². The monoisotopic (exact) mass is 494 g/mol. The summed E-state index contributed by atoms with van der Waals surface area (Å²) >= 11 is 0. The Balaban J connectivity index is 3.27. The van der Waals surface area contributed by atoms with E-state index in [0.717, 1.165) is 29.5 Å². The van der Waals surface area contributed by atoms with E-state index in [4.69, 9.17) is 5.26 Å². The summed E-state index contributed by atoms with van der Waals surface area (Å²) < 4.78 is 3.60. The molecule has 188 valence electrons. The van der Waals surface area contributed by atoms with Gasteiger partial charge in [0.05, 0.1) is 28.6 Å². The van der Waals surface area contributed by atoms with Crippen molar-refractivity contribution in [2.75, 3.05) is 0 Å². The van der Waals surface area contributed by atoms with Crippen LogP contribution in [0.25, 0.3) is 0 Å². The van der Waals surface area contributed by atoms with Crippen LogP contribution in [-0.4, -0.2) is 29.8 Å². The molecule has 33 heavy (non-hydrogen) atoms. The highest BCUT2D eigenvalue weighted by Gasteiger charge is 2.27. The Morgan fingerprint density at radius 1 is 0.606 bits per heavy atom. The molecule has 7 nitrogen and oxygen atoms in total. The normalized spacial score (nSPS) is 12.2. The van der Waals surface area contributed by atoms with Gasteiger partial charge >= 0.3 is 17.1 Å². The van der Waals surface area contributed by atoms with Gasteiger partial charge in [-0.2, -0.15) is 5.26 Å². The summed E-state index contributed by atoms with van der Waals surface area (Å²) in [5.41, 5.74) is -1.60. The molecule has 1 rings (SSSR count). The second kappa shape index (κ2) is 13.9. The van der Waals surface area contributed by atoms with Gasteiger partial charge in [-0.25, -0.2) is 28.1 Å². The molecule has 0 amide bonds. The van der Waals surface area contributed by atoms with Crippen LogP contribution in [0.5, 0.6) is 0 Å². The average molecular weight is 495 g/mol. The van der Waals surface area contributed by atoms with Crippen LogP contribution in [0, 0.1) is 11.3 Å². The molecule has 0 aliphatic heterocycles. The molecule has 0 N–H and O–H groups in total. The molecule has 1 aromatic heterocycles. The summed E-state index contributed by atoms with van der Waals surface area (Å²) in [6, 6.07) is 11.4. The Morgan fingerprint density at radius 2 is 0.909 bits per heavy atom. The van der Waals surface area contributed by atoms with E-state index in [-0.39, 0.29) is 13.0 Å². The zero-order valence-electron chi connectivity index (χ0n) is 21.9. The summed E-state index contributed by atoms with van der Waals surface area (Å²) in [6.45, 7) is 14.3. The summed E-state index contributed by atoms with van der Waals surface area (Å²) in [4.78, 5) is 39.3. The maximum atomic E-state index is 13.2. The van der Waals surface area contributed by atoms with E-state index in [0.29, 0.717) is 13.1 Å². The van der Waals surface area contributed by atoms with Gasteiger partial charge in [0.15, 0.2) is 0 Å². The summed E-state index contributed by atoms with van der Waals surface area (Å²) in [7, 11) is -2.70. The van der Waals surface area contributed by atoms with Crippen LogP contribution in [0.2, 0.25) is 48.4 Å². The minimum absolute atomic E-state index is 0.0313. The molecule has 0 saturated carbocycles. The van der Waals surface area contributed by atoms with E-state index in [1.54, 1.807) is 0 Å². The fourth-order valence-electron chi connectivity index (χ4n) is 5.20. The minimum Gasteiger partial charge on any atom is -0.247 e. The Bertz CT molecular complexity index is 870. The number of hydrogen-bond acceptors (Lipinski definition) is 4. The molecule has 0 saturated heterocycles. The maximum absolute atomic E-state index is 13.2. The lowest BCUT2D eigenvalue weighted by Crippen LogP contribution is -2.54. The molecule has 0 atom stereocenters. The van der Waals surface area contributed by atoms with Crippen LogP contribution in [0.3, 0.4) is 0 Å². The van der Waals surface area contributed by atoms with Gasteiger partial charge < -0.3 is 0 Å². The predicted molar refractivity (Wildman–Crippen MR) is 143 cm³/mol. The Labute approximate surface area is 201 Å². The molecule has 0 fully saturated rings. The molecular formula is C24H46N4O3Si2. The highest BCUT2D eigenvalue weighted by molar-refractivity contribution is 6.80. The number of nitriles is 1. The van der Waals surface area contributed by atoms with Crippen LogP contribution in [0.15, 0.2) is 14.4 Å². The fraction of sp³-hybridized carbons (Fsp3) is 0.833.